The number of Topliss-reactive ketones (excluding diaryl/α,β-unsaturated/α-hetero) is 1. The summed E-state index contributed by atoms with van der Waals surface area (Å²) in [6, 6.07) is 27.5. The predicted octanol–water partition coefficient (Wildman–Crippen LogP) is 7.92. The molecule has 7 aromatic rings. The maximum Gasteiger partial charge on any atom is 0.277 e. The van der Waals surface area contributed by atoms with E-state index < -0.39 is 0 Å². The number of furan rings is 1. The first-order chi connectivity index (χ1) is 22.0. The van der Waals surface area contributed by atoms with Gasteiger partial charge in [0.2, 0.25) is 0 Å². The van der Waals surface area contributed by atoms with Crippen LogP contribution in [0.1, 0.15) is 37.9 Å². The summed E-state index contributed by atoms with van der Waals surface area (Å²) in [4.78, 5) is 36.9. The molecule has 8 nitrogen and oxygen atoms in total. The largest absolute Gasteiger partial charge is 0.456 e. The quantitative estimate of drug-likeness (QED) is 0.175. The lowest BCUT2D eigenvalue weighted by molar-refractivity contribution is -0.117. The Hall–Kier alpha value is -5.50. The van der Waals surface area contributed by atoms with Crippen molar-refractivity contribution in [3.8, 4) is 11.4 Å². The molecule has 0 saturated heterocycles. The minimum Gasteiger partial charge on any atom is -0.456 e. The van der Waals surface area contributed by atoms with Gasteiger partial charge in [0.05, 0.1) is 12.7 Å². The minimum absolute atomic E-state index is 0.0312. The Morgan fingerprint density at radius 1 is 0.933 bits per heavy atom. The highest BCUT2D eigenvalue weighted by atomic mass is 16.3. The second-order valence-electron chi connectivity index (χ2n) is 11.1. The van der Waals surface area contributed by atoms with Crippen molar-refractivity contribution < 1.29 is 9.21 Å². The first-order valence-corrected chi connectivity index (χ1v) is 15.2. The van der Waals surface area contributed by atoms with Gasteiger partial charge in [-0.15, -0.1) is 0 Å². The van der Waals surface area contributed by atoms with Crippen molar-refractivity contribution in [3.63, 3.8) is 0 Å². The van der Waals surface area contributed by atoms with Crippen LogP contribution in [0, 0.1) is 0 Å². The Kier molecular flexibility index (Phi) is 8.82. The molecule has 0 bridgehead atoms. The number of hydrogen-bond acceptors (Lipinski definition) is 6. The van der Waals surface area contributed by atoms with Gasteiger partial charge in [-0.05, 0) is 49.6 Å². The third kappa shape index (κ3) is 6.70. The predicted molar refractivity (Wildman–Crippen MR) is 180 cm³/mol. The molecule has 45 heavy (non-hydrogen) atoms. The van der Waals surface area contributed by atoms with Crippen molar-refractivity contribution in [1.82, 2.24) is 19.5 Å². The fourth-order valence-corrected chi connectivity index (χ4v) is 5.41. The van der Waals surface area contributed by atoms with Gasteiger partial charge in [0.15, 0.2) is 0 Å². The first-order valence-electron chi connectivity index (χ1n) is 15.2. The van der Waals surface area contributed by atoms with Crippen LogP contribution >= 0.6 is 0 Å². The van der Waals surface area contributed by atoms with Gasteiger partial charge in [-0.2, -0.15) is 0 Å². The number of hydrogen-bond donors (Lipinski definition) is 2. The molecule has 0 aliphatic heterocycles. The number of benzene rings is 3. The number of nitrogens with one attached hydrogen (secondary N) is 2. The summed E-state index contributed by atoms with van der Waals surface area (Å²) in [6.07, 6.45) is 8.89. The topological polar surface area (TPSA) is 106 Å². The molecular formula is C37H35N5O3. The fourth-order valence-electron chi connectivity index (χ4n) is 5.41. The van der Waals surface area contributed by atoms with Crippen molar-refractivity contribution in [3.05, 3.63) is 125 Å². The molecule has 0 amide bonds. The third-order valence-electron chi connectivity index (χ3n) is 7.66. The minimum atomic E-state index is -0.279. The number of ketones is 1. The molecule has 0 spiro atoms. The van der Waals surface area contributed by atoms with E-state index in [1.54, 1.807) is 0 Å². The van der Waals surface area contributed by atoms with Crippen LogP contribution in [0.5, 0.6) is 0 Å². The molecule has 3 aromatic carbocycles. The van der Waals surface area contributed by atoms with Crippen LogP contribution in [0.3, 0.4) is 0 Å². The molecule has 0 fully saturated rings. The Morgan fingerprint density at radius 3 is 2.53 bits per heavy atom. The number of aromatic nitrogens is 4. The highest BCUT2D eigenvalue weighted by Crippen LogP contribution is 2.29. The maximum atomic E-state index is 13.1. The zero-order valence-corrected chi connectivity index (χ0v) is 25.4. The smallest absolute Gasteiger partial charge is 0.277 e. The standard InChI is InChI=1S/C26H21N3O3.C11H14N2/c1-17(30)16-29-25(19-7-3-2-4-8-19)28-15-22(26(29)31)27-14-18-11-12-21-20-9-5-6-10-23(20)32-24(21)13-18;1-2-3-4-10-7-9-8-12-6-5-11(9)13-10/h2-13,15,27H,14,16H2,1H3;5-8,13H,2-4H2,1H3. The van der Waals surface area contributed by atoms with E-state index >= 15 is 0 Å². The zero-order valence-electron chi connectivity index (χ0n) is 25.4. The summed E-state index contributed by atoms with van der Waals surface area (Å²) in [7, 11) is 0. The van der Waals surface area contributed by atoms with E-state index in [9.17, 15) is 9.59 Å². The molecule has 226 valence electrons. The van der Waals surface area contributed by atoms with Crippen LogP contribution in [0.2, 0.25) is 0 Å². The number of rotatable bonds is 9. The Labute approximate surface area is 260 Å². The normalized spacial score (nSPS) is 11.1. The SMILES string of the molecule is CC(=O)Cn1c(-c2ccccc2)ncc(NCc2ccc3c(c2)oc2ccccc23)c1=O.CCCCc1cc2cnccc2[nH]1. The number of aryl methyl sites for hydroxylation is 1. The van der Waals surface area contributed by atoms with Crippen molar-refractivity contribution >= 4 is 44.3 Å². The molecule has 4 aromatic heterocycles. The van der Waals surface area contributed by atoms with Gasteiger partial charge < -0.3 is 14.7 Å². The van der Waals surface area contributed by atoms with Gasteiger partial charge in [0.1, 0.15) is 28.5 Å². The average Bonchev–Trinajstić information content (AvgIpc) is 3.65. The second-order valence-corrected chi connectivity index (χ2v) is 11.1. The van der Waals surface area contributed by atoms with Crippen LogP contribution in [-0.2, 0) is 24.3 Å². The molecule has 7 rings (SSSR count). The number of anilines is 1. The number of H-pyrrole nitrogens is 1. The summed E-state index contributed by atoms with van der Waals surface area (Å²) >= 11 is 0. The van der Waals surface area contributed by atoms with Crippen molar-refractivity contribution in [2.24, 2.45) is 0 Å². The van der Waals surface area contributed by atoms with E-state index in [-0.39, 0.29) is 17.9 Å². The summed E-state index contributed by atoms with van der Waals surface area (Å²) in [5.41, 5.74) is 5.99. The van der Waals surface area contributed by atoms with Crippen LogP contribution in [0.15, 0.2) is 113 Å². The summed E-state index contributed by atoms with van der Waals surface area (Å²) in [6.45, 7) is 4.07. The lowest BCUT2D eigenvalue weighted by Gasteiger charge is -2.13. The molecule has 0 radical (unpaired) electrons. The molecule has 0 atom stereocenters. The van der Waals surface area contributed by atoms with Gasteiger partial charge in [0.25, 0.3) is 5.56 Å². The van der Waals surface area contributed by atoms with Gasteiger partial charge in [-0.1, -0.05) is 74.0 Å². The van der Waals surface area contributed by atoms with E-state index in [0.717, 1.165) is 39.5 Å². The van der Waals surface area contributed by atoms with Crippen molar-refractivity contribution in [2.75, 3.05) is 5.32 Å². The number of nitrogens with zero attached hydrogens (tertiary/aromatic N) is 3. The summed E-state index contributed by atoms with van der Waals surface area (Å²) < 4.78 is 7.37. The summed E-state index contributed by atoms with van der Waals surface area (Å²) in [5, 5.41) is 6.52. The van der Waals surface area contributed by atoms with E-state index in [2.05, 4.69) is 33.3 Å². The molecule has 8 heteroatoms. The number of para-hydroxylation sites is 1. The zero-order chi connectivity index (χ0) is 31.2. The number of fused-ring (bicyclic) bond motifs is 4. The van der Waals surface area contributed by atoms with Crippen LogP contribution in [0.25, 0.3) is 44.2 Å². The highest BCUT2D eigenvalue weighted by Gasteiger charge is 2.14. The Bertz CT molecular complexity index is 2110. The third-order valence-corrected chi connectivity index (χ3v) is 7.66. The van der Waals surface area contributed by atoms with Crippen LogP contribution < -0.4 is 10.9 Å². The van der Waals surface area contributed by atoms with E-state index in [1.807, 2.05) is 91.3 Å². The van der Waals surface area contributed by atoms with Gasteiger partial charge in [0, 0.05) is 51.9 Å². The number of pyridine rings is 1. The molecule has 0 unspecified atom stereocenters. The number of carbonyl (C=O) groups excluding carboxylic acids is 1. The van der Waals surface area contributed by atoms with Gasteiger partial charge in [-0.25, -0.2) is 4.98 Å². The lowest BCUT2D eigenvalue weighted by Crippen LogP contribution is -2.28. The molecular weight excluding hydrogens is 562 g/mol. The van der Waals surface area contributed by atoms with Crippen molar-refractivity contribution in [2.45, 2.75) is 46.2 Å². The fraction of sp³-hybridized carbons (Fsp3) is 0.189. The molecule has 0 saturated carbocycles. The second kappa shape index (κ2) is 13.4. The molecule has 0 aliphatic rings. The Balaban J connectivity index is 0.000000229. The van der Waals surface area contributed by atoms with E-state index in [4.69, 9.17) is 4.42 Å². The monoisotopic (exact) mass is 597 g/mol. The number of aromatic amines is 1. The lowest BCUT2D eigenvalue weighted by atomic mass is 10.1. The van der Waals surface area contributed by atoms with Crippen LogP contribution in [0.4, 0.5) is 5.69 Å². The average molecular weight is 598 g/mol. The van der Waals surface area contributed by atoms with E-state index in [0.29, 0.717) is 18.1 Å². The first kappa shape index (κ1) is 29.6. The molecule has 2 N–H and O–H groups in total. The highest BCUT2D eigenvalue weighted by molar-refractivity contribution is 6.04. The number of carbonyl (C=O) groups is 1. The maximum absolute atomic E-state index is 13.1. The molecule has 0 aliphatic carbocycles. The van der Waals surface area contributed by atoms with Gasteiger partial charge in [-0.3, -0.25) is 19.1 Å². The number of unbranched alkanes of at least 4 members (excludes halogenated alkanes) is 1. The summed E-state index contributed by atoms with van der Waals surface area (Å²) in [5.74, 6) is 0.360. The Morgan fingerprint density at radius 2 is 1.73 bits per heavy atom. The van der Waals surface area contributed by atoms with Gasteiger partial charge >= 0.3 is 0 Å². The molecule has 4 heterocycles. The van der Waals surface area contributed by atoms with Crippen LogP contribution in [-0.4, -0.2) is 25.3 Å². The van der Waals surface area contributed by atoms with Crippen molar-refractivity contribution in [1.29, 1.82) is 0 Å². The van der Waals surface area contributed by atoms with E-state index in [1.165, 1.54) is 47.1 Å².